The Kier molecular flexibility index (Phi) is 5.11. The first kappa shape index (κ1) is 20.9. The monoisotopic (exact) mass is 432 g/mol. The Morgan fingerprint density at radius 3 is 2.50 bits per heavy atom. The highest BCUT2D eigenvalue weighted by molar-refractivity contribution is 5.94. The summed E-state index contributed by atoms with van der Waals surface area (Å²) < 4.78 is 22.0. The molecular weight excluding hydrogens is 403 g/mol. The van der Waals surface area contributed by atoms with E-state index >= 15 is 0 Å². The van der Waals surface area contributed by atoms with Crippen molar-refractivity contribution >= 4 is 11.0 Å². The molecule has 6 heteroatoms. The van der Waals surface area contributed by atoms with Gasteiger partial charge in [0.15, 0.2) is 0 Å². The molecule has 32 heavy (non-hydrogen) atoms. The van der Waals surface area contributed by atoms with E-state index in [9.17, 15) is 4.39 Å². The largest absolute Gasteiger partial charge is 0.361 e. The number of fused-ring (bicyclic) bond motifs is 1. The van der Waals surface area contributed by atoms with Crippen LogP contribution in [0.5, 0.6) is 0 Å². The van der Waals surface area contributed by atoms with Gasteiger partial charge in [0.25, 0.3) is 0 Å². The van der Waals surface area contributed by atoms with Gasteiger partial charge in [0.1, 0.15) is 11.4 Å². The van der Waals surface area contributed by atoms with Crippen molar-refractivity contribution in [2.75, 3.05) is 0 Å². The number of aromatic nitrogens is 4. The van der Waals surface area contributed by atoms with E-state index in [1.807, 2.05) is 39.2 Å². The van der Waals surface area contributed by atoms with Crippen molar-refractivity contribution in [2.45, 2.75) is 65.6 Å². The van der Waals surface area contributed by atoms with E-state index in [-0.39, 0.29) is 0 Å². The quantitative estimate of drug-likeness (QED) is 0.365. The van der Waals surface area contributed by atoms with Crippen LogP contribution in [0.3, 0.4) is 0 Å². The van der Waals surface area contributed by atoms with Crippen molar-refractivity contribution in [1.29, 1.82) is 0 Å². The first-order valence-corrected chi connectivity index (χ1v) is 11.3. The van der Waals surface area contributed by atoms with Gasteiger partial charge in [-0.15, -0.1) is 0 Å². The average Bonchev–Trinajstić information content (AvgIpc) is 3.29. The number of alkyl halides is 1. The van der Waals surface area contributed by atoms with Gasteiger partial charge in [-0.1, -0.05) is 11.2 Å². The Labute approximate surface area is 187 Å². The highest BCUT2D eigenvalue weighted by Crippen LogP contribution is 2.38. The van der Waals surface area contributed by atoms with Gasteiger partial charge in [0.05, 0.1) is 16.7 Å². The summed E-state index contributed by atoms with van der Waals surface area (Å²) in [5.74, 6) is 1.25. The van der Waals surface area contributed by atoms with E-state index in [1.165, 1.54) is 0 Å². The van der Waals surface area contributed by atoms with Crippen molar-refractivity contribution in [2.24, 2.45) is 5.92 Å². The standard InChI is InChI=1S/C26H29FN4O/c1-16-5-6-20(12-28-16)22-15-31(14-19-7-9-26(4,27)10-8-19)23-11-21(13-29-25(22)23)24-17(2)30-32-18(24)3/h5-6,11-13,15,19H,7-10,14H2,1-4H3. The Bertz CT molecular complexity index is 1240. The van der Waals surface area contributed by atoms with Gasteiger partial charge in [-0.25, -0.2) is 4.39 Å². The molecule has 1 saturated carbocycles. The fourth-order valence-corrected chi connectivity index (χ4v) is 4.93. The second-order valence-corrected chi connectivity index (χ2v) is 9.53. The molecule has 5 nitrogen and oxygen atoms in total. The van der Waals surface area contributed by atoms with Crippen LogP contribution in [0.2, 0.25) is 0 Å². The number of nitrogens with zero attached hydrogens (tertiary/aromatic N) is 4. The molecule has 0 spiro atoms. The highest BCUT2D eigenvalue weighted by atomic mass is 19.1. The molecule has 4 aromatic rings. The highest BCUT2D eigenvalue weighted by Gasteiger charge is 2.31. The van der Waals surface area contributed by atoms with Gasteiger partial charge >= 0.3 is 0 Å². The normalized spacial score (nSPS) is 21.3. The first-order chi connectivity index (χ1) is 15.3. The molecule has 0 radical (unpaired) electrons. The molecule has 1 aliphatic rings. The van der Waals surface area contributed by atoms with Gasteiger partial charge in [-0.2, -0.15) is 0 Å². The minimum Gasteiger partial charge on any atom is -0.361 e. The Morgan fingerprint density at radius 1 is 1.09 bits per heavy atom. The molecule has 0 unspecified atom stereocenters. The molecule has 4 heterocycles. The topological polar surface area (TPSA) is 56.7 Å². The number of pyridine rings is 2. The second-order valence-electron chi connectivity index (χ2n) is 9.53. The third-order valence-electron chi connectivity index (χ3n) is 6.86. The zero-order valence-electron chi connectivity index (χ0n) is 19.2. The zero-order chi connectivity index (χ0) is 22.5. The fraction of sp³-hybridized carbons (Fsp3) is 0.423. The number of aryl methyl sites for hydroxylation is 3. The third kappa shape index (κ3) is 3.83. The van der Waals surface area contributed by atoms with Crippen LogP contribution >= 0.6 is 0 Å². The zero-order valence-corrected chi connectivity index (χ0v) is 19.2. The molecule has 1 fully saturated rings. The van der Waals surface area contributed by atoms with E-state index < -0.39 is 5.67 Å². The number of halogens is 1. The molecule has 0 aromatic carbocycles. The lowest BCUT2D eigenvalue weighted by Gasteiger charge is -2.31. The molecule has 0 N–H and O–H groups in total. The third-order valence-corrected chi connectivity index (χ3v) is 6.86. The number of hydrogen-bond donors (Lipinski definition) is 0. The van der Waals surface area contributed by atoms with Gasteiger partial charge < -0.3 is 9.09 Å². The molecular formula is C26H29FN4O. The molecule has 4 aromatic heterocycles. The SMILES string of the molecule is Cc1ccc(-c2cn(CC3CCC(C)(F)CC3)c3cc(-c4c(C)noc4C)cnc23)cn1. The van der Waals surface area contributed by atoms with E-state index in [4.69, 9.17) is 9.51 Å². The minimum atomic E-state index is -1.02. The average molecular weight is 433 g/mol. The van der Waals surface area contributed by atoms with Crippen molar-refractivity contribution in [3.8, 4) is 22.3 Å². The van der Waals surface area contributed by atoms with Crippen molar-refractivity contribution in [3.05, 3.63) is 53.9 Å². The summed E-state index contributed by atoms with van der Waals surface area (Å²) in [6.07, 6.45) is 9.08. The van der Waals surface area contributed by atoms with Gasteiger partial charge in [0, 0.05) is 53.1 Å². The van der Waals surface area contributed by atoms with Crippen LogP contribution < -0.4 is 0 Å². The fourth-order valence-electron chi connectivity index (χ4n) is 4.93. The van der Waals surface area contributed by atoms with Crippen LogP contribution in [-0.2, 0) is 6.54 Å². The summed E-state index contributed by atoms with van der Waals surface area (Å²) in [5.41, 5.74) is 6.98. The maximum Gasteiger partial charge on any atom is 0.141 e. The Hall–Kier alpha value is -3.02. The molecule has 5 rings (SSSR count). The lowest BCUT2D eigenvalue weighted by atomic mass is 9.81. The Balaban J connectivity index is 1.60. The second kappa shape index (κ2) is 7.84. The van der Waals surface area contributed by atoms with Gasteiger partial charge in [-0.3, -0.25) is 9.97 Å². The summed E-state index contributed by atoms with van der Waals surface area (Å²) in [4.78, 5) is 9.36. The molecule has 0 saturated heterocycles. The molecule has 0 atom stereocenters. The number of hydrogen-bond acceptors (Lipinski definition) is 4. The summed E-state index contributed by atoms with van der Waals surface area (Å²) in [5, 5.41) is 4.11. The summed E-state index contributed by atoms with van der Waals surface area (Å²) in [6, 6.07) is 6.31. The van der Waals surface area contributed by atoms with Crippen LogP contribution in [-0.4, -0.2) is 25.4 Å². The smallest absolute Gasteiger partial charge is 0.141 e. The van der Waals surface area contributed by atoms with Crippen LogP contribution in [0.15, 0.2) is 41.3 Å². The predicted octanol–water partition coefficient (Wildman–Crippen LogP) is 6.60. The number of rotatable bonds is 4. The summed E-state index contributed by atoms with van der Waals surface area (Å²) in [7, 11) is 0. The van der Waals surface area contributed by atoms with Gasteiger partial charge in [0.2, 0.25) is 0 Å². The maximum absolute atomic E-state index is 14.3. The van der Waals surface area contributed by atoms with Crippen LogP contribution in [0.4, 0.5) is 4.39 Å². The van der Waals surface area contributed by atoms with Crippen LogP contribution in [0.25, 0.3) is 33.3 Å². The lowest BCUT2D eigenvalue weighted by Crippen LogP contribution is -2.27. The van der Waals surface area contributed by atoms with E-state index in [0.29, 0.717) is 18.8 Å². The maximum atomic E-state index is 14.3. The lowest BCUT2D eigenvalue weighted by molar-refractivity contribution is 0.0985. The van der Waals surface area contributed by atoms with Crippen molar-refractivity contribution in [3.63, 3.8) is 0 Å². The molecule has 0 amide bonds. The summed E-state index contributed by atoms with van der Waals surface area (Å²) >= 11 is 0. The Morgan fingerprint density at radius 2 is 1.84 bits per heavy atom. The molecule has 166 valence electrons. The predicted molar refractivity (Wildman–Crippen MR) is 124 cm³/mol. The first-order valence-electron chi connectivity index (χ1n) is 11.3. The van der Waals surface area contributed by atoms with Crippen LogP contribution in [0.1, 0.15) is 49.8 Å². The van der Waals surface area contributed by atoms with E-state index in [2.05, 4.69) is 33.0 Å². The summed E-state index contributed by atoms with van der Waals surface area (Å²) in [6.45, 7) is 8.46. The van der Waals surface area contributed by atoms with E-state index in [1.54, 1.807) is 6.92 Å². The molecule has 0 aliphatic heterocycles. The van der Waals surface area contributed by atoms with Gasteiger partial charge in [-0.05, 0) is 71.4 Å². The van der Waals surface area contributed by atoms with E-state index in [0.717, 1.165) is 69.8 Å². The molecule has 1 aliphatic carbocycles. The molecule has 0 bridgehead atoms. The van der Waals surface area contributed by atoms with Crippen molar-refractivity contribution in [1.82, 2.24) is 19.7 Å². The minimum absolute atomic E-state index is 0.459. The van der Waals surface area contributed by atoms with Crippen LogP contribution in [0, 0.1) is 26.7 Å². The van der Waals surface area contributed by atoms with Crippen molar-refractivity contribution < 1.29 is 8.91 Å².